The SMILES string of the molecule is CNC1C(=O)N(C2CCCC2)c2ccccc2SC1C. The minimum Gasteiger partial charge on any atom is -0.308 e. The van der Waals surface area contributed by atoms with Crippen LogP contribution in [-0.4, -0.2) is 30.3 Å². The summed E-state index contributed by atoms with van der Waals surface area (Å²) in [4.78, 5) is 16.3. The molecular formula is C16H22N2OS. The van der Waals surface area contributed by atoms with Gasteiger partial charge in [-0.15, -0.1) is 11.8 Å². The van der Waals surface area contributed by atoms with Gasteiger partial charge in [0.1, 0.15) is 0 Å². The molecule has 108 valence electrons. The van der Waals surface area contributed by atoms with Gasteiger partial charge in [-0.3, -0.25) is 4.79 Å². The number of nitrogens with zero attached hydrogens (tertiary/aromatic N) is 1. The van der Waals surface area contributed by atoms with Gasteiger partial charge >= 0.3 is 0 Å². The number of hydrogen-bond donors (Lipinski definition) is 1. The highest BCUT2D eigenvalue weighted by Gasteiger charge is 2.38. The number of fused-ring (bicyclic) bond motifs is 1. The summed E-state index contributed by atoms with van der Waals surface area (Å²) in [6, 6.07) is 8.63. The third-order valence-electron chi connectivity index (χ3n) is 4.41. The molecule has 0 aromatic heterocycles. The predicted octanol–water partition coefficient (Wildman–Crippen LogP) is 3.04. The Labute approximate surface area is 125 Å². The first kappa shape index (κ1) is 14.0. The number of likely N-dealkylation sites (N-methyl/N-ethyl adjacent to an activating group) is 1. The summed E-state index contributed by atoms with van der Waals surface area (Å²) in [5.74, 6) is 0.240. The maximum absolute atomic E-state index is 13.0. The van der Waals surface area contributed by atoms with Crippen molar-refractivity contribution in [2.24, 2.45) is 0 Å². The molecule has 2 aliphatic rings. The Hall–Kier alpha value is -1.00. The number of thioether (sulfide) groups is 1. The van der Waals surface area contributed by atoms with E-state index in [1.54, 1.807) is 11.8 Å². The summed E-state index contributed by atoms with van der Waals surface area (Å²) in [5.41, 5.74) is 1.11. The van der Waals surface area contributed by atoms with E-state index in [2.05, 4.69) is 35.3 Å². The molecule has 1 fully saturated rings. The van der Waals surface area contributed by atoms with Crippen LogP contribution in [-0.2, 0) is 4.79 Å². The molecule has 1 heterocycles. The molecule has 1 aliphatic heterocycles. The van der Waals surface area contributed by atoms with Gasteiger partial charge in [0.25, 0.3) is 0 Å². The Balaban J connectivity index is 2.05. The van der Waals surface area contributed by atoms with Crippen molar-refractivity contribution in [3.8, 4) is 0 Å². The minimum atomic E-state index is -0.104. The molecule has 0 spiro atoms. The molecule has 2 atom stereocenters. The summed E-state index contributed by atoms with van der Waals surface area (Å²) in [6.45, 7) is 2.14. The molecule has 1 saturated carbocycles. The number of rotatable bonds is 2. The molecule has 2 unspecified atom stereocenters. The van der Waals surface area contributed by atoms with Crippen LogP contribution in [0, 0.1) is 0 Å². The van der Waals surface area contributed by atoms with E-state index in [0.717, 1.165) is 18.5 Å². The maximum Gasteiger partial charge on any atom is 0.245 e. The molecule has 1 aromatic carbocycles. The fraction of sp³-hybridized carbons (Fsp3) is 0.562. The Morgan fingerprint density at radius 1 is 1.25 bits per heavy atom. The van der Waals surface area contributed by atoms with Crippen LogP contribution in [0.3, 0.4) is 0 Å². The average Bonchev–Trinajstić information content (AvgIpc) is 2.92. The first-order valence-corrected chi connectivity index (χ1v) is 8.36. The van der Waals surface area contributed by atoms with Crippen LogP contribution in [0.4, 0.5) is 5.69 Å². The third kappa shape index (κ3) is 2.35. The van der Waals surface area contributed by atoms with Gasteiger partial charge in [0.2, 0.25) is 5.91 Å². The second-order valence-electron chi connectivity index (χ2n) is 5.70. The van der Waals surface area contributed by atoms with E-state index >= 15 is 0 Å². The molecule has 0 saturated heterocycles. The molecule has 1 aliphatic carbocycles. The largest absolute Gasteiger partial charge is 0.308 e. The van der Waals surface area contributed by atoms with Crippen molar-refractivity contribution in [2.75, 3.05) is 11.9 Å². The van der Waals surface area contributed by atoms with Crippen molar-refractivity contribution < 1.29 is 4.79 Å². The van der Waals surface area contributed by atoms with E-state index in [1.807, 2.05) is 13.1 Å². The standard InChI is InChI=1S/C16H22N2OS/c1-11-15(17-2)16(19)18(12-7-3-4-8-12)13-9-5-6-10-14(13)20-11/h5-6,9-12,15,17H,3-4,7-8H2,1-2H3. The number of nitrogens with one attached hydrogen (secondary N) is 1. The van der Waals surface area contributed by atoms with Crippen molar-refractivity contribution >= 4 is 23.4 Å². The molecule has 1 amide bonds. The minimum absolute atomic E-state index is 0.104. The topological polar surface area (TPSA) is 32.3 Å². The van der Waals surface area contributed by atoms with E-state index in [0.29, 0.717) is 6.04 Å². The van der Waals surface area contributed by atoms with Gasteiger partial charge in [-0.2, -0.15) is 0 Å². The highest BCUT2D eigenvalue weighted by atomic mass is 32.2. The number of carbonyl (C=O) groups excluding carboxylic acids is 1. The first-order valence-electron chi connectivity index (χ1n) is 7.48. The molecule has 4 heteroatoms. The average molecular weight is 290 g/mol. The second-order valence-corrected chi connectivity index (χ2v) is 7.12. The molecule has 1 aromatic rings. The van der Waals surface area contributed by atoms with Gasteiger partial charge in [0, 0.05) is 16.2 Å². The molecule has 20 heavy (non-hydrogen) atoms. The normalized spacial score (nSPS) is 27.5. The van der Waals surface area contributed by atoms with Gasteiger partial charge < -0.3 is 10.2 Å². The van der Waals surface area contributed by atoms with Crippen molar-refractivity contribution in [1.29, 1.82) is 0 Å². The zero-order valence-electron chi connectivity index (χ0n) is 12.1. The van der Waals surface area contributed by atoms with E-state index in [-0.39, 0.29) is 17.2 Å². The van der Waals surface area contributed by atoms with Gasteiger partial charge in [-0.25, -0.2) is 0 Å². The summed E-state index contributed by atoms with van der Waals surface area (Å²) in [7, 11) is 1.89. The van der Waals surface area contributed by atoms with E-state index in [4.69, 9.17) is 0 Å². The number of anilines is 1. The first-order chi connectivity index (χ1) is 9.72. The van der Waals surface area contributed by atoms with Gasteiger partial charge in [-0.05, 0) is 32.0 Å². The molecule has 1 N–H and O–H groups in total. The highest BCUT2D eigenvalue weighted by molar-refractivity contribution is 8.00. The number of carbonyl (C=O) groups is 1. The smallest absolute Gasteiger partial charge is 0.245 e. The summed E-state index contributed by atoms with van der Waals surface area (Å²) < 4.78 is 0. The zero-order chi connectivity index (χ0) is 14.1. The third-order valence-corrected chi connectivity index (χ3v) is 5.65. The lowest BCUT2D eigenvalue weighted by molar-refractivity contribution is -0.120. The van der Waals surface area contributed by atoms with Gasteiger partial charge in [0.15, 0.2) is 0 Å². The van der Waals surface area contributed by atoms with Crippen molar-refractivity contribution in [3.05, 3.63) is 24.3 Å². The maximum atomic E-state index is 13.0. The monoisotopic (exact) mass is 290 g/mol. The number of benzene rings is 1. The van der Waals surface area contributed by atoms with E-state index in [1.165, 1.54) is 17.7 Å². The Bertz CT molecular complexity index is 499. The van der Waals surface area contributed by atoms with Gasteiger partial charge in [0.05, 0.1) is 11.7 Å². The van der Waals surface area contributed by atoms with Crippen LogP contribution in [0.15, 0.2) is 29.2 Å². The Kier molecular flexibility index (Phi) is 4.03. The van der Waals surface area contributed by atoms with Crippen LogP contribution in [0.1, 0.15) is 32.6 Å². The second kappa shape index (κ2) is 5.78. The molecular weight excluding hydrogens is 268 g/mol. The lowest BCUT2D eigenvalue weighted by Gasteiger charge is -2.31. The van der Waals surface area contributed by atoms with Crippen LogP contribution < -0.4 is 10.2 Å². The predicted molar refractivity (Wildman–Crippen MR) is 84.4 cm³/mol. The molecule has 0 radical (unpaired) electrons. The van der Waals surface area contributed by atoms with E-state index in [9.17, 15) is 4.79 Å². The zero-order valence-corrected chi connectivity index (χ0v) is 13.0. The fourth-order valence-electron chi connectivity index (χ4n) is 3.39. The quantitative estimate of drug-likeness (QED) is 0.908. The van der Waals surface area contributed by atoms with Crippen molar-refractivity contribution in [2.45, 2.75) is 54.8 Å². The van der Waals surface area contributed by atoms with Crippen LogP contribution in [0.2, 0.25) is 0 Å². The van der Waals surface area contributed by atoms with Crippen LogP contribution in [0.5, 0.6) is 0 Å². The Morgan fingerprint density at radius 2 is 1.95 bits per heavy atom. The molecule has 3 nitrogen and oxygen atoms in total. The summed E-state index contributed by atoms with van der Waals surface area (Å²) in [5, 5.41) is 3.47. The number of hydrogen-bond acceptors (Lipinski definition) is 3. The van der Waals surface area contributed by atoms with E-state index < -0.39 is 0 Å². The van der Waals surface area contributed by atoms with Crippen molar-refractivity contribution in [3.63, 3.8) is 0 Å². The number of para-hydroxylation sites is 1. The molecule has 0 bridgehead atoms. The Morgan fingerprint density at radius 3 is 2.65 bits per heavy atom. The lowest BCUT2D eigenvalue weighted by atomic mass is 10.1. The summed E-state index contributed by atoms with van der Waals surface area (Å²) in [6.07, 6.45) is 4.75. The van der Waals surface area contributed by atoms with Crippen molar-refractivity contribution in [1.82, 2.24) is 5.32 Å². The molecule has 3 rings (SSSR count). The number of amides is 1. The highest BCUT2D eigenvalue weighted by Crippen LogP contribution is 2.41. The fourth-order valence-corrected chi connectivity index (χ4v) is 4.62. The van der Waals surface area contributed by atoms with Gasteiger partial charge in [-0.1, -0.05) is 31.9 Å². The van der Waals surface area contributed by atoms with Crippen LogP contribution in [0.25, 0.3) is 0 Å². The van der Waals surface area contributed by atoms with Crippen LogP contribution >= 0.6 is 11.8 Å². The lowest BCUT2D eigenvalue weighted by Crippen LogP contribution is -2.51. The summed E-state index contributed by atoms with van der Waals surface area (Å²) >= 11 is 1.81.